The first kappa shape index (κ1) is 22.3. The molecule has 0 aromatic heterocycles. The topological polar surface area (TPSA) is 66.8 Å². The summed E-state index contributed by atoms with van der Waals surface area (Å²) < 4.78 is 30.8. The van der Waals surface area contributed by atoms with E-state index in [1.807, 2.05) is 50.2 Å². The van der Waals surface area contributed by atoms with Crippen molar-refractivity contribution in [2.24, 2.45) is 0 Å². The largest absolute Gasteiger partial charge is 0.491 e. The zero-order valence-corrected chi connectivity index (χ0v) is 19.2. The van der Waals surface area contributed by atoms with Crippen LogP contribution in [0.15, 0.2) is 46.9 Å². The minimum atomic E-state index is -3.01. The van der Waals surface area contributed by atoms with Gasteiger partial charge in [-0.15, -0.1) is 0 Å². The van der Waals surface area contributed by atoms with Crippen molar-refractivity contribution in [3.05, 3.63) is 63.6 Å². The van der Waals surface area contributed by atoms with Crippen molar-refractivity contribution in [1.29, 1.82) is 0 Å². The normalized spacial score (nSPS) is 19.4. The number of hydrogen-bond donors (Lipinski definition) is 1. The molecule has 2 unspecified atom stereocenters. The van der Waals surface area contributed by atoms with E-state index in [0.29, 0.717) is 19.5 Å². The summed E-state index contributed by atoms with van der Waals surface area (Å²) in [7, 11) is -3.01. The summed E-state index contributed by atoms with van der Waals surface area (Å²) in [5, 5.41) is 10.6. The van der Waals surface area contributed by atoms with Gasteiger partial charge in [0.25, 0.3) is 0 Å². The first-order chi connectivity index (χ1) is 13.7. The predicted molar refractivity (Wildman–Crippen MR) is 119 cm³/mol. The molecule has 0 spiro atoms. The summed E-state index contributed by atoms with van der Waals surface area (Å²) >= 11 is 3.48. The molecule has 7 heteroatoms. The smallest absolute Gasteiger partial charge is 0.151 e. The first-order valence-corrected chi connectivity index (χ1v) is 12.4. The summed E-state index contributed by atoms with van der Waals surface area (Å²) in [6.07, 6.45) is -0.118. The molecule has 0 bridgehead atoms. The fourth-order valence-corrected chi connectivity index (χ4v) is 6.02. The Kier molecular flexibility index (Phi) is 7.37. The quantitative estimate of drug-likeness (QED) is 0.624. The standard InChI is InChI=1S/C22H28BrNO4S/c1-16-8-17(2)10-22(9-16)28-14-21(25)13-24(20-6-7-29(26,27)15-20)12-18-4-3-5-19(23)11-18/h3-5,8-11,20-21,25H,6-7,12-15H2,1-2H3. The average Bonchev–Trinajstić information content (AvgIpc) is 2.99. The number of rotatable bonds is 8. The summed E-state index contributed by atoms with van der Waals surface area (Å²) in [5.41, 5.74) is 3.30. The van der Waals surface area contributed by atoms with Crippen LogP contribution in [-0.2, 0) is 16.4 Å². The number of nitrogens with zero attached hydrogens (tertiary/aromatic N) is 1. The maximum Gasteiger partial charge on any atom is 0.151 e. The van der Waals surface area contributed by atoms with Gasteiger partial charge in [0.1, 0.15) is 18.5 Å². The van der Waals surface area contributed by atoms with E-state index in [1.54, 1.807) is 0 Å². The van der Waals surface area contributed by atoms with Gasteiger partial charge < -0.3 is 9.84 Å². The molecule has 29 heavy (non-hydrogen) atoms. The Morgan fingerprint density at radius 3 is 2.55 bits per heavy atom. The second-order valence-electron chi connectivity index (χ2n) is 7.90. The molecule has 2 aromatic rings. The molecule has 3 rings (SSSR count). The molecule has 1 heterocycles. The number of hydrogen-bond acceptors (Lipinski definition) is 5. The van der Waals surface area contributed by atoms with Crippen LogP contribution in [0.2, 0.25) is 0 Å². The number of halogens is 1. The minimum absolute atomic E-state index is 0.0881. The molecule has 2 aromatic carbocycles. The van der Waals surface area contributed by atoms with Crippen LogP contribution >= 0.6 is 15.9 Å². The molecule has 1 saturated heterocycles. The SMILES string of the molecule is Cc1cc(C)cc(OCC(O)CN(Cc2cccc(Br)c2)C2CCS(=O)(=O)C2)c1. The lowest BCUT2D eigenvalue weighted by Crippen LogP contribution is -2.42. The number of aliphatic hydroxyl groups excluding tert-OH is 1. The van der Waals surface area contributed by atoms with Crippen LogP contribution in [0.25, 0.3) is 0 Å². The van der Waals surface area contributed by atoms with Gasteiger partial charge in [0, 0.05) is 23.6 Å². The van der Waals surface area contributed by atoms with Gasteiger partial charge in [0.2, 0.25) is 0 Å². The third-order valence-electron chi connectivity index (χ3n) is 5.08. The van der Waals surface area contributed by atoms with Gasteiger partial charge in [-0.05, 0) is 61.2 Å². The third-order valence-corrected chi connectivity index (χ3v) is 7.33. The van der Waals surface area contributed by atoms with E-state index in [4.69, 9.17) is 4.74 Å². The molecule has 2 atom stereocenters. The number of sulfone groups is 1. The Bertz CT molecular complexity index is 927. The van der Waals surface area contributed by atoms with Crippen molar-refractivity contribution in [2.75, 3.05) is 24.7 Å². The van der Waals surface area contributed by atoms with Crippen LogP contribution in [0, 0.1) is 13.8 Å². The van der Waals surface area contributed by atoms with Crippen LogP contribution in [-0.4, -0.2) is 55.2 Å². The van der Waals surface area contributed by atoms with Gasteiger partial charge in [-0.1, -0.05) is 34.1 Å². The molecule has 0 aliphatic carbocycles. The molecular formula is C22H28BrNO4S. The van der Waals surface area contributed by atoms with Crippen molar-refractivity contribution in [3.8, 4) is 5.75 Å². The summed E-state index contributed by atoms with van der Waals surface area (Å²) in [6, 6.07) is 13.8. The molecule has 158 valence electrons. The summed E-state index contributed by atoms with van der Waals surface area (Å²) in [6.45, 7) is 5.13. The molecule has 1 fully saturated rings. The molecule has 1 aliphatic rings. The van der Waals surface area contributed by atoms with Gasteiger partial charge in [0.15, 0.2) is 9.84 Å². The molecule has 5 nitrogen and oxygen atoms in total. The van der Waals surface area contributed by atoms with Crippen molar-refractivity contribution < 1.29 is 18.3 Å². The first-order valence-electron chi connectivity index (χ1n) is 9.78. The van der Waals surface area contributed by atoms with Crippen molar-refractivity contribution in [2.45, 2.75) is 39.0 Å². The van der Waals surface area contributed by atoms with Gasteiger partial charge in [-0.3, -0.25) is 4.90 Å². The number of aliphatic hydroxyl groups is 1. The van der Waals surface area contributed by atoms with E-state index in [1.165, 1.54) is 0 Å². The molecule has 1 aliphatic heterocycles. The highest BCUT2D eigenvalue weighted by Crippen LogP contribution is 2.22. The Morgan fingerprint density at radius 1 is 1.21 bits per heavy atom. The molecular weight excluding hydrogens is 454 g/mol. The number of ether oxygens (including phenoxy) is 1. The minimum Gasteiger partial charge on any atom is -0.491 e. The molecule has 1 N–H and O–H groups in total. The van der Waals surface area contributed by atoms with Crippen molar-refractivity contribution in [1.82, 2.24) is 4.90 Å². The van der Waals surface area contributed by atoms with E-state index in [2.05, 4.69) is 26.9 Å². The molecule has 0 amide bonds. The Hall–Kier alpha value is -1.41. The van der Waals surface area contributed by atoms with E-state index in [9.17, 15) is 13.5 Å². The lowest BCUT2D eigenvalue weighted by atomic mass is 10.1. The highest BCUT2D eigenvalue weighted by molar-refractivity contribution is 9.10. The van der Waals surface area contributed by atoms with E-state index >= 15 is 0 Å². The maximum absolute atomic E-state index is 12.0. The Labute approximate surface area is 181 Å². The monoisotopic (exact) mass is 481 g/mol. The number of benzene rings is 2. The maximum atomic E-state index is 12.0. The molecule has 0 radical (unpaired) electrons. The fourth-order valence-electron chi connectivity index (χ4n) is 3.81. The summed E-state index contributed by atoms with van der Waals surface area (Å²) in [4.78, 5) is 2.07. The Balaban J connectivity index is 1.66. The Morgan fingerprint density at radius 2 is 1.93 bits per heavy atom. The van der Waals surface area contributed by atoms with Crippen LogP contribution in [0.1, 0.15) is 23.1 Å². The van der Waals surface area contributed by atoms with Gasteiger partial charge in [0.05, 0.1) is 11.5 Å². The number of aryl methyl sites for hydroxylation is 2. The second-order valence-corrected chi connectivity index (χ2v) is 11.0. The molecule has 0 saturated carbocycles. The van der Waals surface area contributed by atoms with Crippen molar-refractivity contribution >= 4 is 25.8 Å². The highest BCUT2D eigenvalue weighted by atomic mass is 79.9. The second kappa shape index (κ2) is 9.60. The van der Waals surface area contributed by atoms with Gasteiger partial charge in [-0.25, -0.2) is 8.42 Å². The van der Waals surface area contributed by atoms with Crippen LogP contribution in [0.4, 0.5) is 0 Å². The highest BCUT2D eigenvalue weighted by Gasteiger charge is 2.33. The fraction of sp³-hybridized carbons (Fsp3) is 0.455. The van der Waals surface area contributed by atoms with E-state index in [0.717, 1.165) is 26.9 Å². The zero-order valence-electron chi connectivity index (χ0n) is 16.8. The lowest BCUT2D eigenvalue weighted by Gasteiger charge is -2.30. The van der Waals surface area contributed by atoms with Crippen LogP contribution in [0.5, 0.6) is 5.75 Å². The van der Waals surface area contributed by atoms with Crippen molar-refractivity contribution in [3.63, 3.8) is 0 Å². The van der Waals surface area contributed by atoms with Crippen LogP contribution in [0.3, 0.4) is 0 Å². The van der Waals surface area contributed by atoms with Crippen LogP contribution < -0.4 is 4.74 Å². The summed E-state index contributed by atoms with van der Waals surface area (Å²) in [5.74, 6) is 1.09. The van der Waals surface area contributed by atoms with Gasteiger partial charge >= 0.3 is 0 Å². The van der Waals surface area contributed by atoms with E-state index in [-0.39, 0.29) is 24.2 Å². The third kappa shape index (κ3) is 6.81. The van der Waals surface area contributed by atoms with E-state index < -0.39 is 15.9 Å². The predicted octanol–water partition coefficient (Wildman–Crippen LogP) is 3.49. The zero-order chi connectivity index (χ0) is 21.0. The average molecular weight is 482 g/mol. The lowest BCUT2D eigenvalue weighted by molar-refractivity contribution is 0.0524. The van der Waals surface area contributed by atoms with Gasteiger partial charge in [-0.2, -0.15) is 0 Å².